The van der Waals surface area contributed by atoms with E-state index < -0.39 is 6.10 Å². The van der Waals surface area contributed by atoms with Crippen LogP contribution in [0.3, 0.4) is 0 Å². The second-order valence-electron chi connectivity index (χ2n) is 21.6. The minimum atomic E-state index is -0.791. The van der Waals surface area contributed by atoms with Crippen molar-refractivity contribution >= 4 is 17.9 Å². The van der Waals surface area contributed by atoms with Crippen molar-refractivity contribution in [1.29, 1.82) is 0 Å². The fourth-order valence-corrected chi connectivity index (χ4v) is 9.14. The fraction of sp³-hybridized carbons (Fsp3) is 0.732. The van der Waals surface area contributed by atoms with Gasteiger partial charge in [0.2, 0.25) is 0 Å². The van der Waals surface area contributed by atoms with E-state index in [1.54, 1.807) is 0 Å². The number of hydrogen-bond acceptors (Lipinski definition) is 6. The summed E-state index contributed by atoms with van der Waals surface area (Å²) in [5.74, 6) is -0.902. The SMILES string of the molecule is CC/C=C\C/C=C\C/C=C\C/C=C\CCCCCCCCC(=O)OC(COC(=O)CCCCCCC/C=C\CCCCCC)COC(=O)CCCCCCCCCCCCCC/C=C\C/C=C\C/C=C\CCCCCCC. The van der Waals surface area contributed by atoms with E-state index in [2.05, 4.69) is 118 Å². The Morgan fingerprint density at radius 3 is 0.818 bits per heavy atom. The number of rotatable bonds is 59. The van der Waals surface area contributed by atoms with Crippen LogP contribution in [-0.2, 0) is 28.6 Å². The molecule has 0 rings (SSSR count). The number of ether oxygens (including phenoxy) is 3. The summed E-state index contributed by atoms with van der Waals surface area (Å²) in [5, 5.41) is 0. The molecule has 0 aromatic heterocycles. The molecule has 0 saturated heterocycles. The molecular weight excluding hydrogens is 949 g/mol. The molecule has 442 valence electrons. The summed E-state index contributed by atoms with van der Waals surface area (Å²) >= 11 is 0. The van der Waals surface area contributed by atoms with Crippen LogP contribution in [0.15, 0.2) is 97.2 Å². The van der Waals surface area contributed by atoms with Gasteiger partial charge >= 0.3 is 17.9 Å². The molecule has 0 N–H and O–H groups in total. The third-order valence-electron chi connectivity index (χ3n) is 14.0. The first kappa shape index (κ1) is 73.3. The van der Waals surface area contributed by atoms with Gasteiger partial charge in [-0.3, -0.25) is 14.4 Å². The molecular formula is C71H122O6. The number of allylic oxidation sites excluding steroid dienone is 16. The smallest absolute Gasteiger partial charge is 0.306 e. The topological polar surface area (TPSA) is 78.9 Å². The maximum Gasteiger partial charge on any atom is 0.306 e. The molecule has 0 fully saturated rings. The number of unbranched alkanes of at least 4 members (excludes halogenated alkanes) is 32. The Hall–Kier alpha value is -3.67. The quantitative estimate of drug-likeness (QED) is 0.0261. The first-order valence-corrected chi connectivity index (χ1v) is 32.7. The van der Waals surface area contributed by atoms with Crippen LogP contribution in [-0.4, -0.2) is 37.2 Å². The van der Waals surface area contributed by atoms with Gasteiger partial charge in [-0.2, -0.15) is 0 Å². The van der Waals surface area contributed by atoms with Crippen LogP contribution < -0.4 is 0 Å². The standard InChI is InChI=1S/C71H122O6/c1-4-7-10-13-16-19-22-25-27-29-31-32-33-34-35-36-37-38-40-41-43-46-49-52-55-58-61-64-70(73)76-67-68(66-75-69(72)63-60-57-54-51-48-45-24-21-18-15-12-9-6-3)77-71(74)65-62-59-56-53-50-47-44-42-39-30-28-26-23-20-17-14-11-8-5-2/h8,11,17,20-22,24-26,28-29,31,33-34,39,42,68H,4-7,9-10,12-16,18-19,23,27,30,32,35-38,40-41,43-67H2,1-3H3/b11-8-,20-17-,24-21-,25-22-,28-26-,31-29-,34-33-,42-39-. The van der Waals surface area contributed by atoms with Gasteiger partial charge in [0.25, 0.3) is 0 Å². The Bertz CT molecular complexity index is 1510. The molecule has 0 aliphatic carbocycles. The van der Waals surface area contributed by atoms with Gasteiger partial charge in [-0.15, -0.1) is 0 Å². The van der Waals surface area contributed by atoms with E-state index in [1.807, 2.05) is 0 Å². The lowest BCUT2D eigenvalue weighted by Crippen LogP contribution is -2.30. The maximum absolute atomic E-state index is 12.9. The minimum Gasteiger partial charge on any atom is -0.462 e. The normalized spacial score (nSPS) is 12.7. The molecule has 1 unspecified atom stereocenters. The maximum atomic E-state index is 12.9. The van der Waals surface area contributed by atoms with Gasteiger partial charge in [-0.1, -0.05) is 272 Å². The zero-order chi connectivity index (χ0) is 55.7. The number of carbonyl (C=O) groups excluding carboxylic acids is 3. The van der Waals surface area contributed by atoms with Crippen LogP contribution in [0, 0.1) is 0 Å². The summed E-state index contributed by atoms with van der Waals surface area (Å²) < 4.78 is 16.9. The summed E-state index contributed by atoms with van der Waals surface area (Å²) in [6.07, 6.45) is 87.0. The van der Waals surface area contributed by atoms with E-state index in [0.29, 0.717) is 19.3 Å². The van der Waals surface area contributed by atoms with Gasteiger partial charge in [-0.05, 0) is 122 Å². The molecule has 0 radical (unpaired) electrons. The van der Waals surface area contributed by atoms with Crippen molar-refractivity contribution in [2.45, 2.75) is 322 Å². The molecule has 0 heterocycles. The van der Waals surface area contributed by atoms with Crippen LogP contribution in [0.25, 0.3) is 0 Å². The van der Waals surface area contributed by atoms with E-state index in [9.17, 15) is 14.4 Å². The number of carbonyl (C=O) groups is 3. The first-order chi connectivity index (χ1) is 38.0. The van der Waals surface area contributed by atoms with Gasteiger partial charge < -0.3 is 14.2 Å². The zero-order valence-electron chi connectivity index (χ0n) is 50.7. The van der Waals surface area contributed by atoms with Crippen molar-refractivity contribution in [2.75, 3.05) is 13.2 Å². The van der Waals surface area contributed by atoms with Crippen LogP contribution in [0.5, 0.6) is 0 Å². The van der Waals surface area contributed by atoms with Crippen LogP contribution in [0.1, 0.15) is 316 Å². The highest BCUT2D eigenvalue weighted by Crippen LogP contribution is 2.16. The molecule has 0 spiro atoms. The summed E-state index contributed by atoms with van der Waals surface area (Å²) in [5.41, 5.74) is 0. The molecule has 77 heavy (non-hydrogen) atoms. The van der Waals surface area contributed by atoms with Crippen molar-refractivity contribution < 1.29 is 28.6 Å². The lowest BCUT2D eigenvalue weighted by molar-refractivity contribution is -0.167. The Morgan fingerprint density at radius 1 is 0.273 bits per heavy atom. The molecule has 6 heteroatoms. The summed E-state index contributed by atoms with van der Waals surface area (Å²) in [6.45, 7) is 6.50. The third kappa shape index (κ3) is 63.0. The molecule has 0 aromatic rings. The van der Waals surface area contributed by atoms with Crippen molar-refractivity contribution in [3.8, 4) is 0 Å². The summed E-state index contributed by atoms with van der Waals surface area (Å²) in [6, 6.07) is 0. The van der Waals surface area contributed by atoms with Crippen molar-refractivity contribution in [3.05, 3.63) is 97.2 Å². The highest BCUT2D eigenvalue weighted by atomic mass is 16.6. The van der Waals surface area contributed by atoms with Crippen LogP contribution in [0.4, 0.5) is 0 Å². The average Bonchev–Trinajstić information content (AvgIpc) is 3.43. The van der Waals surface area contributed by atoms with E-state index in [4.69, 9.17) is 14.2 Å². The molecule has 6 nitrogen and oxygen atoms in total. The first-order valence-electron chi connectivity index (χ1n) is 32.7. The molecule has 0 amide bonds. The second-order valence-corrected chi connectivity index (χ2v) is 21.6. The van der Waals surface area contributed by atoms with Crippen molar-refractivity contribution in [3.63, 3.8) is 0 Å². The van der Waals surface area contributed by atoms with Crippen LogP contribution in [0.2, 0.25) is 0 Å². The van der Waals surface area contributed by atoms with E-state index >= 15 is 0 Å². The molecule has 0 aliphatic heterocycles. The van der Waals surface area contributed by atoms with Crippen LogP contribution >= 0.6 is 0 Å². The van der Waals surface area contributed by atoms with Gasteiger partial charge in [-0.25, -0.2) is 0 Å². The average molecular weight is 1070 g/mol. The molecule has 0 bridgehead atoms. The second kappa shape index (κ2) is 64.9. The Balaban J connectivity index is 4.31. The predicted molar refractivity (Wildman–Crippen MR) is 334 cm³/mol. The Kier molecular flexibility index (Phi) is 61.8. The highest BCUT2D eigenvalue weighted by molar-refractivity contribution is 5.71. The highest BCUT2D eigenvalue weighted by Gasteiger charge is 2.19. The lowest BCUT2D eigenvalue weighted by Gasteiger charge is -2.18. The van der Waals surface area contributed by atoms with Gasteiger partial charge in [0.05, 0.1) is 0 Å². The fourth-order valence-electron chi connectivity index (χ4n) is 9.14. The largest absolute Gasteiger partial charge is 0.462 e. The Labute approximate surface area is 477 Å². The van der Waals surface area contributed by atoms with Gasteiger partial charge in [0.1, 0.15) is 13.2 Å². The monoisotopic (exact) mass is 1070 g/mol. The molecule has 1 atom stereocenters. The summed E-state index contributed by atoms with van der Waals surface area (Å²) in [4.78, 5) is 38.3. The Morgan fingerprint density at radius 2 is 0.506 bits per heavy atom. The summed E-state index contributed by atoms with van der Waals surface area (Å²) in [7, 11) is 0. The van der Waals surface area contributed by atoms with Crippen molar-refractivity contribution in [2.24, 2.45) is 0 Å². The van der Waals surface area contributed by atoms with Crippen molar-refractivity contribution in [1.82, 2.24) is 0 Å². The van der Waals surface area contributed by atoms with E-state index in [0.717, 1.165) is 116 Å². The molecule has 0 aliphatic rings. The molecule has 0 saturated carbocycles. The van der Waals surface area contributed by atoms with E-state index in [1.165, 1.54) is 161 Å². The number of esters is 3. The molecule has 0 aromatic carbocycles. The lowest BCUT2D eigenvalue weighted by atomic mass is 10.0. The van der Waals surface area contributed by atoms with E-state index in [-0.39, 0.29) is 31.1 Å². The zero-order valence-corrected chi connectivity index (χ0v) is 50.7. The van der Waals surface area contributed by atoms with Gasteiger partial charge in [0, 0.05) is 19.3 Å². The number of hydrogen-bond donors (Lipinski definition) is 0. The third-order valence-corrected chi connectivity index (χ3v) is 14.0. The predicted octanol–water partition coefficient (Wildman–Crippen LogP) is 22.4. The minimum absolute atomic E-state index is 0.0863. The van der Waals surface area contributed by atoms with Gasteiger partial charge in [0.15, 0.2) is 6.10 Å².